The second-order valence-electron chi connectivity index (χ2n) is 3.44. The molecule has 1 aliphatic carbocycles. The van der Waals surface area contributed by atoms with Crippen LogP contribution in [0.2, 0.25) is 0 Å². The monoisotopic (exact) mass is 211 g/mol. The number of alkyl halides is 1. The standard InChI is InChI=1S/C10H10FNO3/c11-10(15-9(12)14)7-4-2-1-3-6(7)5-8(10)13/h1-4,8,13H,5H2,(H2,12,14). The highest BCUT2D eigenvalue weighted by Gasteiger charge is 2.50. The molecule has 3 N–H and O–H groups in total. The van der Waals surface area contributed by atoms with Gasteiger partial charge in [0.2, 0.25) is 0 Å². The van der Waals surface area contributed by atoms with E-state index in [9.17, 15) is 14.3 Å². The molecule has 0 heterocycles. The molecule has 0 radical (unpaired) electrons. The van der Waals surface area contributed by atoms with Gasteiger partial charge in [-0.05, 0) is 5.56 Å². The number of hydrogen-bond donors (Lipinski definition) is 2. The molecule has 0 aliphatic heterocycles. The molecular weight excluding hydrogens is 201 g/mol. The topological polar surface area (TPSA) is 72.6 Å². The zero-order valence-electron chi connectivity index (χ0n) is 7.81. The van der Waals surface area contributed by atoms with Gasteiger partial charge >= 0.3 is 11.9 Å². The Balaban J connectivity index is 2.44. The maximum absolute atomic E-state index is 14.2. The first-order valence-electron chi connectivity index (χ1n) is 4.48. The number of hydrogen-bond acceptors (Lipinski definition) is 3. The van der Waals surface area contributed by atoms with E-state index in [4.69, 9.17) is 5.73 Å². The van der Waals surface area contributed by atoms with Crippen molar-refractivity contribution in [2.24, 2.45) is 5.73 Å². The maximum atomic E-state index is 14.2. The van der Waals surface area contributed by atoms with Crippen LogP contribution in [0.5, 0.6) is 0 Å². The summed E-state index contributed by atoms with van der Waals surface area (Å²) < 4.78 is 18.5. The summed E-state index contributed by atoms with van der Waals surface area (Å²) in [5.41, 5.74) is 5.55. The summed E-state index contributed by atoms with van der Waals surface area (Å²) in [5.74, 6) is -2.51. The Labute approximate surface area is 85.5 Å². The van der Waals surface area contributed by atoms with Crippen molar-refractivity contribution in [1.29, 1.82) is 0 Å². The molecule has 0 fully saturated rings. The minimum atomic E-state index is -2.51. The SMILES string of the molecule is NC(=O)OC1(F)c2ccccc2CC1O. The summed E-state index contributed by atoms with van der Waals surface area (Å²) in [5, 5.41) is 9.51. The first-order valence-corrected chi connectivity index (χ1v) is 4.48. The number of ether oxygens (including phenoxy) is 1. The second-order valence-corrected chi connectivity index (χ2v) is 3.44. The number of carbonyl (C=O) groups excluding carboxylic acids is 1. The highest BCUT2D eigenvalue weighted by molar-refractivity contribution is 5.65. The van der Waals surface area contributed by atoms with Crippen LogP contribution >= 0.6 is 0 Å². The Morgan fingerprint density at radius 3 is 2.93 bits per heavy atom. The number of benzene rings is 1. The number of carbonyl (C=O) groups is 1. The van der Waals surface area contributed by atoms with E-state index in [0.29, 0.717) is 5.56 Å². The molecule has 1 aliphatic rings. The highest BCUT2D eigenvalue weighted by atomic mass is 19.2. The molecule has 2 atom stereocenters. The molecule has 2 unspecified atom stereocenters. The average molecular weight is 211 g/mol. The highest BCUT2D eigenvalue weighted by Crippen LogP contribution is 2.41. The zero-order chi connectivity index (χ0) is 11.1. The molecule has 80 valence electrons. The molecular formula is C10H10FNO3. The van der Waals surface area contributed by atoms with Crippen molar-refractivity contribution in [2.75, 3.05) is 0 Å². The van der Waals surface area contributed by atoms with Crippen LogP contribution in [0.15, 0.2) is 24.3 Å². The van der Waals surface area contributed by atoms with Crippen LogP contribution < -0.4 is 5.73 Å². The minimum Gasteiger partial charge on any atom is -0.405 e. The van der Waals surface area contributed by atoms with Crippen molar-refractivity contribution in [3.63, 3.8) is 0 Å². The molecule has 0 bridgehead atoms. The van der Waals surface area contributed by atoms with Gasteiger partial charge in [0.1, 0.15) is 6.10 Å². The van der Waals surface area contributed by atoms with Crippen molar-refractivity contribution in [3.05, 3.63) is 35.4 Å². The molecule has 2 rings (SSSR count). The summed E-state index contributed by atoms with van der Waals surface area (Å²) in [4.78, 5) is 10.6. The number of aliphatic hydroxyl groups is 1. The van der Waals surface area contributed by atoms with E-state index in [1.165, 1.54) is 6.07 Å². The van der Waals surface area contributed by atoms with E-state index in [-0.39, 0.29) is 12.0 Å². The Morgan fingerprint density at radius 1 is 1.60 bits per heavy atom. The van der Waals surface area contributed by atoms with Crippen molar-refractivity contribution < 1.29 is 19.0 Å². The fourth-order valence-corrected chi connectivity index (χ4v) is 1.82. The van der Waals surface area contributed by atoms with Crippen LogP contribution in [0.3, 0.4) is 0 Å². The number of halogens is 1. The molecule has 1 aromatic carbocycles. The summed E-state index contributed by atoms with van der Waals surface area (Å²) in [6.45, 7) is 0. The van der Waals surface area contributed by atoms with Gasteiger partial charge in [0.25, 0.3) is 0 Å². The molecule has 4 nitrogen and oxygen atoms in total. The van der Waals surface area contributed by atoms with E-state index in [0.717, 1.165) is 0 Å². The summed E-state index contributed by atoms with van der Waals surface area (Å²) >= 11 is 0. The maximum Gasteiger partial charge on any atom is 0.407 e. The van der Waals surface area contributed by atoms with Crippen LogP contribution in [-0.2, 0) is 17.0 Å². The van der Waals surface area contributed by atoms with Gasteiger partial charge < -0.3 is 15.6 Å². The van der Waals surface area contributed by atoms with E-state index in [2.05, 4.69) is 4.74 Å². The van der Waals surface area contributed by atoms with E-state index in [1.54, 1.807) is 18.2 Å². The van der Waals surface area contributed by atoms with Gasteiger partial charge in [-0.1, -0.05) is 24.3 Å². The summed E-state index contributed by atoms with van der Waals surface area (Å²) in [6, 6.07) is 6.47. The number of fused-ring (bicyclic) bond motifs is 1. The summed E-state index contributed by atoms with van der Waals surface area (Å²) in [6.07, 6.45) is -2.53. The predicted molar refractivity (Wildman–Crippen MR) is 49.6 cm³/mol. The Bertz CT molecular complexity index is 409. The van der Waals surface area contributed by atoms with Crippen LogP contribution in [0.1, 0.15) is 11.1 Å². The predicted octanol–water partition coefficient (Wildman–Crippen LogP) is 0.821. The van der Waals surface area contributed by atoms with E-state index < -0.39 is 18.1 Å². The fraction of sp³-hybridized carbons (Fsp3) is 0.300. The van der Waals surface area contributed by atoms with Crippen molar-refractivity contribution in [2.45, 2.75) is 18.4 Å². The van der Waals surface area contributed by atoms with Crippen LogP contribution in [0, 0.1) is 0 Å². The van der Waals surface area contributed by atoms with Crippen LogP contribution in [-0.4, -0.2) is 17.3 Å². The van der Waals surface area contributed by atoms with Crippen molar-refractivity contribution in [1.82, 2.24) is 0 Å². The smallest absolute Gasteiger partial charge is 0.405 e. The first-order chi connectivity index (χ1) is 7.04. The second kappa shape index (κ2) is 3.20. The third-order valence-electron chi connectivity index (χ3n) is 2.48. The number of primary amides is 1. The van der Waals surface area contributed by atoms with Crippen molar-refractivity contribution in [3.8, 4) is 0 Å². The number of nitrogens with two attached hydrogens (primary N) is 1. The largest absolute Gasteiger partial charge is 0.407 e. The molecule has 1 aromatic rings. The Morgan fingerprint density at radius 2 is 2.27 bits per heavy atom. The molecule has 15 heavy (non-hydrogen) atoms. The lowest BCUT2D eigenvalue weighted by Crippen LogP contribution is -2.38. The van der Waals surface area contributed by atoms with Gasteiger partial charge in [0.05, 0.1) is 0 Å². The molecule has 0 spiro atoms. The first kappa shape index (κ1) is 9.92. The average Bonchev–Trinajstić information content (AvgIpc) is 2.39. The molecule has 1 amide bonds. The van der Waals surface area contributed by atoms with Gasteiger partial charge in [-0.15, -0.1) is 0 Å². The molecule has 0 saturated carbocycles. The van der Waals surface area contributed by atoms with Gasteiger partial charge in [-0.25, -0.2) is 4.79 Å². The molecule has 5 heteroatoms. The lowest BCUT2D eigenvalue weighted by Gasteiger charge is -2.23. The van der Waals surface area contributed by atoms with Gasteiger partial charge in [-0.3, -0.25) is 0 Å². The third-order valence-corrected chi connectivity index (χ3v) is 2.48. The zero-order valence-corrected chi connectivity index (χ0v) is 7.81. The molecule has 0 saturated heterocycles. The summed E-state index contributed by atoms with van der Waals surface area (Å²) in [7, 11) is 0. The van der Waals surface area contributed by atoms with E-state index in [1.807, 2.05) is 0 Å². The Hall–Kier alpha value is -1.62. The van der Waals surface area contributed by atoms with Gasteiger partial charge in [-0.2, -0.15) is 4.39 Å². The molecule has 0 aromatic heterocycles. The van der Waals surface area contributed by atoms with Crippen LogP contribution in [0.25, 0.3) is 0 Å². The third kappa shape index (κ3) is 1.45. The fourth-order valence-electron chi connectivity index (χ4n) is 1.82. The number of aliphatic hydroxyl groups excluding tert-OH is 1. The van der Waals surface area contributed by atoms with Gasteiger partial charge in [0, 0.05) is 12.0 Å². The quantitative estimate of drug-likeness (QED) is 0.722. The normalized spacial score (nSPS) is 28.5. The Kier molecular flexibility index (Phi) is 2.12. The number of rotatable bonds is 1. The lowest BCUT2D eigenvalue weighted by molar-refractivity contribution is -0.165. The van der Waals surface area contributed by atoms with Crippen LogP contribution in [0.4, 0.5) is 9.18 Å². The van der Waals surface area contributed by atoms with Crippen molar-refractivity contribution >= 4 is 6.09 Å². The lowest BCUT2D eigenvalue weighted by atomic mass is 10.1. The van der Waals surface area contributed by atoms with Gasteiger partial charge in [0.15, 0.2) is 0 Å². The van der Waals surface area contributed by atoms with E-state index >= 15 is 0 Å². The number of amides is 1. The minimum absolute atomic E-state index is 0.111.